The molecule has 0 saturated carbocycles. The molecule has 0 saturated heterocycles. The van der Waals surface area contributed by atoms with E-state index >= 15 is 0 Å². The Bertz CT molecular complexity index is 784. The van der Waals surface area contributed by atoms with E-state index in [4.69, 9.17) is 4.74 Å². The van der Waals surface area contributed by atoms with Crippen LogP contribution in [-0.2, 0) is 20.7 Å². The maximum atomic E-state index is 12.0. The van der Waals surface area contributed by atoms with Crippen LogP contribution in [0.2, 0.25) is 0 Å². The smallest absolute Gasteiger partial charge is 0.302 e. The Morgan fingerprint density at radius 3 is 2.43 bits per heavy atom. The van der Waals surface area contributed by atoms with E-state index in [-0.39, 0.29) is 29.8 Å². The lowest BCUT2D eigenvalue weighted by Crippen LogP contribution is -2.29. The second-order valence-electron chi connectivity index (χ2n) is 7.74. The average Bonchev–Trinajstić information content (AvgIpc) is 2.71. The third kappa shape index (κ3) is 11.2. The fourth-order valence-electron chi connectivity index (χ4n) is 3.01. The summed E-state index contributed by atoms with van der Waals surface area (Å²) in [6.07, 6.45) is 10.9. The molecular formula is C26H35NO3. The number of rotatable bonds is 11. The maximum Gasteiger partial charge on any atom is 0.302 e. The molecule has 4 nitrogen and oxygen atoms in total. The number of allylic oxidation sites excluding steroid dienone is 2. The lowest BCUT2D eigenvalue weighted by molar-refractivity contribution is -0.150. The molecule has 1 aromatic carbocycles. The third-order valence-electron chi connectivity index (χ3n) is 4.54. The van der Waals surface area contributed by atoms with Gasteiger partial charge in [-0.25, -0.2) is 0 Å². The predicted molar refractivity (Wildman–Crippen MR) is 123 cm³/mol. The summed E-state index contributed by atoms with van der Waals surface area (Å²) in [4.78, 5) is 23.2. The van der Waals surface area contributed by atoms with Crippen LogP contribution in [0.15, 0.2) is 72.0 Å². The summed E-state index contributed by atoms with van der Waals surface area (Å²) in [5, 5.41) is 2.82. The molecule has 30 heavy (non-hydrogen) atoms. The van der Waals surface area contributed by atoms with Crippen molar-refractivity contribution in [1.29, 1.82) is 0 Å². The van der Waals surface area contributed by atoms with Crippen LogP contribution in [0.4, 0.5) is 0 Å². The minimum atomic E-state index is -0.305. The molecule has 0 fully saturated rings. The Morgan fingerprint density at radius 1 is 1.10 bits per heavy atom. The lowest BCUT2D eigenvalue weighted by atomic mass is 9.94. The van der Waals surface area contributed by atoms with Crippen molar-refractivity contribution in [3.8, 4) is 0 Å². The van der Waals surface area contributed by atoms with Crippen molar-refractivity contribution >= 4 is 11.9 Å². The number of esters is 1. The molecule has 0 unspecified atom stereocenters. The van der Waals surface area contributed by atoms with Gasteiger partial charge in [0.2, 0.25) is 5.91 Å². The van der Waals surface area contributed by atoms with Crippen molar-refractivity contribution in [2.24, 2.45) is 11.8 Å². The Hall–Kier alpha value is -2.84. The number of ether oxygens (including phenoxy) is 1. The third-order valence-corrected chi connectivity index (χ3v) is 4.54. The van der Waals surface area contributed by atoms with Gasteiger partial charge in [-0.05, 0) is 49.0 Å². The summed E-state index contributed by atoms with van der Waals surface area (Å²) in [6, 6.07) is 10.4. The normalized spacial score (nSPS) is 13.1. The van der Waals surface area contributed by atoms with Crippen molar-refractivity contribution in [2.75, 3.05) is 6.54 Å². The first kappa shape index (κ1) is 25.2. The largest absolute Gasteiger partial charge is 0.462 e. The first-order valence-electron chi connectivity index (χ1n) is 10.5. The van der Waals surface area contributed by atoms with E-state index in [0.29, 0.717) is 6.54 Å². The first-order chi connectivity index (χ1) is 14.3. The zero-order chi connectivity index (χ0) is 22.4. The van der Waals surface area contributed by atoms with Crippen LogP contribution in [-0.4, -0.2) is 24.5 Å². The quantitative estimate of drug-likeness (QED) is 0.237. The molecule has 162 valence electrons. The summed E-state index contributed by atoms with van der Waals surface area (Å²) in [5.41, 5.74) is 5.59. The summed E-state index contributed by atoms with van der Waals surface area (Å²) in [6.45, 7) is 9.76. The van der Waals surface area contributed by atoms with Gasteiger partial charge < -0.3 is 10.1 Å². The Labute approximate surface area is 181 Å². The molecule has 1 N–H and O–H groups in total. The molecule has 0 aliphatic carbocycles. The van der Waals surface area contributed by atoms with Crippen LogP contribution in [0.1, 0.15) is 46.6 Å². The van der Waals surface area contributed by atoms with Crippen LogP contribution >= 0.6 is 0 Å². The van der Waals surface area contributed by atoms with E-state index in [2.05, 4.69) is 35.3 Å². The van der Waals surface area contributed by atoms with Crippen LogP contribution in [0, 0.1) is 11.8 Å². The van der Waals surface area contributed by atoms with E-state index in [1.165, 1.54) is 18.6 Å². The second kappa shape index (κ2) is 14.2. The van der Waals surface area contributed by atoms with E-state index in [1.807, 2.05) is 52.0 Å². The highest BCUT2D eigenvalue weighted by Crippen LogP contribution is 2.18. The fourth-order valence-corrected chi connectivity index (χ4v) is 3.01. The zero-order valence-electron chi connectivity index (χ0n) is 18.9. The summed E-state index contributed by atoms with van der Waals surface area (Å²) >= 11 is 0. The number of amides is 1. The van der Waals surface area contributed by atoms with Gasteiger partial charge in [0, 0.05) is 19.4 Å². The van der Waals surface area contributed by atoms with Gasteiger partial charge in [-0.1, -0.05) is 69.3 Å². The molecular weight excluding hydrogens is 374 g/mol. The van der Waals surface area contributed by atoms with Crippen molar-refractivity contribution in [3.63, 3.8) is 0 Å². The highest BCUT2D eigenvalue weighted by Gasteiger charge is 2.21. The molecule has 0 heterocycles. The van der Waals surface area contributed by atoms with Crippen LogP contribution in [0.25, 0.3) is 0 Å². The van der Waals surface area contributed by atoms with Crippen LogP contribution in [0.3, 0.4) is 0 Å². The maximum absolute atomic E-state index is 12.0. The summed E-state index contributed by atoms with van der Waals surface area (Å²) < 4.78 is 5.35. The van der Waals surface area contributed by atoms with Crippen molar-refractivity contribution in [2.45, 2.75) is 53.6 Å². The standard InChI is InChI=1S/C26H35NO3/c1-20(2)26(30-23(5)28)22(4)17-18-25(29)27-19-11-13-21(3)12-9-10-16-24-14-7-6-8-15-24/h6-9,11,13-15,17-18,20,22,26H,10,16,19H2,1-5H3,(H,27,29)/b13-11+,18-17+/t12?,22-,26-/m1/s1. The number of benzene rings is 1. The number of nitrogens with one attached hydrogen (secondary N) is 1. The minimum absolute atomic E-state index is 0.0404. The molecule has 0 aliphatic rings. The molecule has 1 aromatic rings. The molecule has 0 aromatic heterocycles. The van der Waals surface area contributed by atoms with Gasteiger partial charge in [-0.3, -0.25) is 9.59 Å². The number of hydrogen-bond acceptors (Lipinski definition) is 3. The minimum Gasteiger partial charge on any atom is -0.462 e. The van der Waals surface area contributed by atoms with Gasteiger partial charge >= 0.3 is 5.97 Å². The van der Waals surface area contributed by atoms with Crippen molar-refractivity contribution in [3.05, 3.63) is 77.6 Å². The Kier molecular flexibility index (Phi) is 11.9. The van der Waals surface area contributed by atoms with Crippen molar-refractivity contribution < 1.29 is 14.3 Å². The van der Waals surface area contributed by atoms with Gasteiger partial charge in [0.1, 0.15) is 6.10 Å². The van der Waals surface area contributed by atoms with Crippen LogP contribution in [0.5, 0.6) is 0 Å². The number of aryl methyl sites for hydroxylation is 1. The second-order valence-corrected chi connectivity index (χ2v) is 7.74. The SMILES string of the molecule is CC(=O)O[C@H](C(C)C)[C@H](C)/C=C/C(=O)NC/C=C/C(C)=C=CCCc1ccccc1. The highest BCUT2D eigenvalue weighted by molar-refractivity contribution is 5.87. The molecule has 0 radical (unpaired) electrons. The Morgan fingerprint density at radius 2 is 1.80 bits per heavy atom. The van der Waals surface area contributed by atoms with Gasteiger partial charge in [0.05, 0.1) is 0 Å². The van der Waals surface area contributed by atoms with Crippen LogP contribution < -0.4 is 5.32 Å². The molecule has 0 bridgehead atoms. The molecule has 0 spiro atoms. The average molecular weight is 410 g/mol. The summed E-state index contributed by atoms with van der Waals surface area (Å²) in [7, 11) is 0. The topological polar surface area (TPSA) is 55.4 Å². The van der Waals surface area contributed by atoms with Gasteiger partial charge in [-0.2, -0.15) is 0 Å². The van der Waals surface area contributed by atoms with E-state index in [0.717, 1.165) is 18.4 Å². The van der Waals surface area contributed by atoms with E-state index < -0.39 is 0 Å². The molecule has 0 aliphatic heterocycles. The summed E-state index contributed by atoms with van der Waals surface area (Å²) in [5.74, 6) is -0.339. The number of hydrogen-bond donors (Lipinski definition) is 1. The Balaban J connectivity index is 2.39. The number of carbonyl (C=O) groups excluding carboxylic acids is 2. The molecule has 2 atom stereocenters. The number of carbonyl (C=O) groups is 2. The predicted octanol–water partition coefficient (Wildman–Crippen LogP) is 5.17. The molecule has 4 heteroatoms. The molecule has 1 rings (SSSR count). The monoisotopic (exact) mass is 409 g/mol. The van der Waals surface area contributed by atoms with E-state index in [1.54, 1.807) is 6.08 Å². The van der Waals surface area contributed by atoms with E-state index in [9.17, 15) is 9.59 Å². The van der Waals surface area contributed by atoms with Gasteiger partial charge in [0.15, 0.2) is 0 Å². The van der Waals surface area contributed by atoms with Gasteiger partial charge in [-0.15, -0.1) is 5.73 Å². The lowest BCUT2D eigenvalue weighted by Gasteiger charge is -2.24. The zero-order valence-corrected chi connectivity index (χ0v) is 18.9. The van der Waals surface area contributed by atoms with Crippen molar-refractivity contribution in [1.82, 2.24) is 5.32 Å². The highest BCUT2D eigenvalue weighted by atomic mass is 16.5. The molecule has 1 amide bonds. The van der Waals surface area contributed by atoms with Gasteiger partial charge in [0.25, 0.3) is 0 Å². The fraction of sp³-hybridized carbons (Fsp3) is 0.423. The first-order valence-corrected chi connectivity index (χ1v) is 10.5.